The first-order chi connectivity index (χ1) is 6.95. The van der Waals surface area contributed by atoms with Crippen molar-refractivity contribution in [1.29, 1.82) is 0 Å². The van der Waals surface area contributed by atoms with E-state index >= 15 is 0 Å². The second-order valence-corrected chi connectivity index (χ2v) is 4.04. The van der Waals surface area contributed by atoms with Crippen LogP contribution in [0.4, 0.5) is 0 Å². The fourth-order valence-electron chi connectivity index (χ4n) is 2.01. The molecule has 1 aliphatic carbocycles. The summed E-state index contributed by atoms with van der Waals surface area (Å²) < 4.78 is 1.80. The van der Waals surface area contributed by atoms with Gasteiger partial charge in [0.2, 0.25) is 12.4 Å². The van der Waals surface area contributed by atoms with E-state index < -0.39 is 0 Å². The molecule has 0 spiro atoms. The molecule has 1 aliphatic rings. The molecule has 0 amide bonds. The van der Waals surface area contributed by atoms with E-state index in [0.29, 0.717) is 0 Å². The minimum absolute atomic E-state index is 0.774. The van der Waals surface area contributed by atoms with Crippen LogP contribution in [0.2, 0.25) is 0 Å². The zero-order valence-electron chi connectivity index (χ0n) is 8.56. The fourth-order valence-corrected chi connectivity index (χ4v) is 2.01. The van der Waals surface area contributed by atoms with E-state index in [9.17, 15) is 0 Å². The van der Waals surface area contributed by atoms with Crippen molar-refractivity contribution in [2.24, 2.45) is 5.92 Å². The monoisotopic (exact) mass is 192 g/mol. The van der Waals surface area contributed by atoms with E-state index in [1.165, 1.54) is 32.1 Å². The molecule has 14 heavy (non-hydrogen) atoms. The smallest absolute Gasteiger partial charge is 0.222 e. The van der Waals surface area contributed by atoms with E-state index in [0.717, 1.165) is 12.5 Å². The van der Waals surface area contributed by atoms with Crippen LogP contribution in [0.5, 0.6) is 0 Å². The zero-order valence-corrected chi connectivity index (χ0v) is 8.56. The first-order valence-electron chi connectivity index (χ1n) is 5.55. The zero-order chi connectivity index (χ0) is 9.64. The van der Waals surface area contributed by atoms with E-state index in [1.54, 1.807) is 4.73 Å². The van der Waals surface area contributed by atoms with Crippen molar-refractivity contribution in [2.45, 2.75) is 32.1 Å². The largest absolute Gasteiger partial charge is 0.271 e. The molecule has 0 unspecified atom stereocenters. The molecule has 76 valence electrons. The maximum absolute atomic E-state index is 5.66. The average Bonchev–Trinajstić information content (AvgIpc) is 2.29. The molecular formula is C12H18NO+. The molecule has 2 rings (SSSR count). The van der Waals surface area contributed by atoms with Crippen molar-refractivity contribution < 1.29 is 9.57 Å². The van der Waals surface area contributed by atoms with E-state index in [-0.39, 0.29) is 0 Å². The summed E-state index contributed by atoms with van der Waals surface area (Å²) in [6.45, 7) is 0.870. The Morgan fingerprint density at radius 3 is 2.43 bits per heavy atom. The van der Waals surface area contributed by atoms with Gasteiger partial charge in [0.25, 0.3) is 0 Å². The Labute approximate surface area is 85.5 Å². The molecule has 1 aromatic heterocycles. The van der Waals surface area contributed by atoms with Gasteiger partial charge < -0.3 is 0 Å². The first kappa shape index (κ1) is 9.50. The Kier molecular flexibility index (Phi) is 3.39. The summed E-state index contributed by atoms with van der Waals surface area (Å²) in [5, 5.41) is 0. The third-order valence-corrected chi connectivity index (χ3v) is 2.87. The fraction of sp³-hybridized carbons (Fsp3) is 0.583. The lowest BCUT2D eigenvalue weighted by Crippen LogP contribution is -2.44. The summed E-state index contributed by atoms with van der Waals surface area (Å²) in [5.74, 6) is 0.774. The number of hydrogen-bond acceptors (Lipinski definition) is 1. The van der Waals surface area contributed by atoms with Crippen molar-refractivity contribution in [2.75, 3.05) is 6.61 Å². The van der Waals surface area contributed by atoms with Crippen LogP contribution in [0, 0.1) is 5.92 Å². The second kappa shape index (κ2) is 4.99. The molecule has 0 saturated heterocycles. The van der Waals surface area contributed by atoms with Gasteiger partial charge in [0.1, 0.15) is 0 Å². The van der Waals surface area contributed by atoms with Gasteiger partial charge in [-0.15, -0.1) is 0 Å². The molecule has 2 nitrogen and oxygen atoms in total. The lowest BCUT2D eigenvalue weighted by atomic mass is 9.90. The van der Waals surface area contributed by atoms with Crippen LogP contribution in [0.3, 0.4) is 0 Å². The minimum Gasteiger partial charge on any atom is -0.271 e. The Balaban J connectivity index is 1.76. The van der Waals surface area contributed by atoms with Crippen molar-refractivity contribution in [3.8, 4) is 0 Å². The number of nitrogens with zero attached hydrogens (tertiary/aromatic N) is 1. The summed E-state index contributed by atoms with van der Waals surface area (Å²) >= 11 is 0. The standard InChI is InChI=1S/C12H18NO/c1-3-7-12(8-4-1)11-14-13-9-5-2-6-10-13/h2,5-6,9-10,12H,1,3-4,7-8,11H2/q+1. The van der Waals surface area contributed by atoms with Crippen LogP contribution in [-0.4, -0.2) is 6.61 Å². The Bertz CT molecular complexity index is 254. The van der Waals surface area contributed by atoms with Crippen LogP contribution in [-0.2, 0) is 0 Å². The number of pyridine rings is 1. The van der Waals surface area contributed by atoms with Gasteiger partial charge in [-0.2, -0.15) is 0 Å². The molecule has 1 aromatic rings. The highest BCUT2D eigenvalue weighted by molar-refractivity contribution is 4.83. The summed E-state index contributed by atoms with van der Waals surface area (Å²) in [5.41, 5.74) is 0. The maximum atomic E-state index is 5.66. The lowest BCUT2D eigenvalue weighted by molar-refractivity contribution is -0.892. The Morgan fingerprint density at radius 1 is 1.00 bits per heavy atom. The highest BCUT2D eigenvalue weighted by Gasteiger charge is 2.15. The van der Waals surface area contributed by atoms with Crippen molar-refractivity contribution in [3.05, 3.63) is 30.6 Å². The van der Waals surface area contributed by atoms with Gasteiger partial charge in [-0.1, -0.05) is 25.3 Å². The molecule has 0 N–H and O–H groups in total. The van der Waals surface area contributed by atoms with Gasteiger partial charge in [-0.05, 0) is 18.8 Å². The lowest BCUT2D eigenvalue weighted by Gasteiger charge is -2.18. The predicted octanol–water partition coefficient (Wildman–Crippen LogP) is 1.98. The molecule has 2 heteroatoms. The summed E-state index contributed by atoms with van der Waals surface area (Å²) in [6.07, 6.45) is 10.8. The normalized spacial score (nSPS) is 18.0. The van der Waals surface area contributed by atoms with E-state index in [1.807, 2.05) is 30.6 Å². The van der Waals surface area contributed by atoms with Crippen molar-refractivity contribution in [1.82, 2.24) is 0 Å². The third kappa shape index (κ3) is 2.72. The third-order valence-electron chi connectivity index (χ3n) is 2.87. The SMILES string of the molecule is c1cc[n+](OCC2CCCCC2)cc1. The topological polar surface area (TPSA) is 13.1 Å². The van der Waals surface area contributed by atoms with Crippen LogP contribution in [0.1, 0.15) is 32.1 Å². The molecule has 0 aromatic carbocycles. The van der Waals surface area contributed by atoms with E-state index in [4.69, 9.17) is 4.84 Å². The predicted molar refractivity (Wildman–Crippen MR) is 54.7 cm³/mol. The van der Waals surface area contributed by atoms with Gasteiger partial charge in [0.15, 0.2) is 6.61 Å². The molecule has 1 saturated carbocycles. The Hall–Kier alpha value is -1.05. The number of rotatable bonds is 3. The van der Waals surface area contributed by atoms with Gasteiger partial charge in [0.05, 0.1) is 0 Å². The van der Waals surface area contributed by atoms with Crippen LogP contribution >= 0.6 is 0 Å². The van der Waals surface area contributed by atoms with Gasteiger partial charge in [-0.25, -0.2) is 0 Å². The quantitative estimate of drug-likeness (QED) is 0.667. The highest BCUT2D eigenvalue weighted by atomic mass is 16.7. The van der Waals surface area contributed by atoms with Gasteiger partial charge in [0, 0.05) is 16.9 Å². The number of aromatic nitrogens is 1. The summed E-state index contributed by atoms with van der Waals surface area (Å²) in [7, 11) is 0. The summed E-state index contributed by atoms with van der Waals surface area (Å²) in [4.78, 5) is 5.66. The van der Waals surface area contributed by atoms with Crippen molar-refractivity contribution in [3.63, 3.8) is 0 Å². The van der Waals surface area contributed by atoms with Crippen LogP contribution < -0.4 is 9.57 Å². The first-order valence-corrected chi connectivity index (χ1v) is 5.55. The second-order valence-electron chi connectivity index (χ2n) is 4.04. The molecule has 1 heterocycles. The minimum atomic E-state index is 0.774. The van der Waals surface area contributed by atoms with Crippen LogP contribution in [0.15, 0.2) is 30.6 Å². The van der Waals surface area contributed by atoms with E-state index in [2.05, 4.69) is 0 Å². The van der Waals surface area contributed by atoms with Crippen molar-refractivity contribution >= 4 is 0 Å². The highest BCUT2D eigenvalue weighted by Crippen LogP contribution is 2.22. The van der Waals surface area contributed by atoms with Gasteiger partial charge >= 0.3 is 0 Å². The molecule has 1 fully saturated rings. The van der Waals surface area contributed by atoms with Gasteiger partial charge in [-0.3, -0.25) is 4.84 Å². The van der Waals surface area contributed by atoms with Crippen LogP contribution in [0.25, 0.3) is 0 Å². The Morgan fingerprint density at radius 2 is 1.71 bits per heavy atom. The average molecular weight is 192 g/mol. The molecule has 0 radical (unpaired) electrons. The molecule has 0 aliphatic heterocycles. The molecule has 0 bridgehead atoms. The molecular weight excluding hydrogens is 174 g/mol. The maximum Gasteiger partial charge on any atom is 0.222 e. The summed E-state index contributed by atoms with van der Waals surface area (Å²) in [6, 6.07) is 5.97. The molecule has 0 atom stereocenters. The number of hydrogen-bond donors (Lipinski definition) is 0.